The lowest BCUT2D eigenvalue weighted by Gasteiger charge is -2.05. The van der Waals surface area contributed by atoms with Gasteiger partial charge in [-0.15, -0.1) is 0 Å². The topological polar surface area (TPSA) is 54.4 Å². The second-order valence-electron chi connectivity index (χ2n) is 3.13. The number of hydrogen-bond donors (Lipinski definition) is 1. The van der Waals surface area contributed by atoms with Crippen molar-refractivity contribution >= 4 is 26.6 Å². The highest BCUT2D eigenvalue weighted by Crippen LogP contribution is 2.29. The van der Waals surface area contributed by atoms with E-state index >= 15 is 0 Å². The van der Waals surface area contributed by atoms with Crippen molar-refractivity contribution in [2.24, 2.45) is 0 Å². The monoisotopic (exact) mass is 222 g/mol. The van der Waals surface area contributed by atoms with E-state index in [9.17, 15) is 9.00 Å². The van der Waals surface area contributed by atoms with Gasteiger partial charge in [0.05, 0.1) is 9.83 Å². The van der Waals surface area contributed by atoms with E-state index in [1.54, 1.807) is 0 Å². The average Bonchev–Trinajstić information content (AvgIpc) is 2.45. The molecule has 1 heterocycles. The van der Waals surface area contributed by atoms with Crippen molar-refractivity contribution in [1.29, 1.82) is 0 Å². The lowest BCUT2D eigenvalue weighted by Crippen LogP contribution is -2.06. The average molecular weight is 222 g/mol. The second kappa shape index (κ2) is 5.65. The molecule has 0 aromatic rings. The van der Waals surface area contributed by atoms with Gasteiger partial charge in [-0.25, -0.2) is 4.21 Å². The molecule has 1 unspecified atom stereocenters. The Morgan fingerprint density at radius 2 is 2.31 bits per heavy atom. The highest BCUT2D eigenvalue weighted by molar-refractivity contribution is 8.69. The lowest BCUT2D eigenvalue weighted by molar-refractivity contribution is -0.137. The smallest absolute Gasteiger partial charge is 0.303 e. The number of unbranched alkanes of at least 4 members (excludes halogenated alkanes) is 1. The summed E-state index contributed by atoms with van der Waals surface area (Å²) in [4.78, 5) is 10.2. The molecule has 1 aliphatic rings. The third-order valence-electron chi connectivity index (χ3n) is 2.08. The SMILES string of the molecule is O=C(O)CCCCC1CCS[S@]1=O. The second-order valence-corrected chi connectivity index (χ2v) is 6.66. The van der Waals surface area contributed by atoms with Gasteiger partial charge in [0.15, 0.2) is 0 Å². The summed E-state index contributed by atoms with van der Waals surface area (Å²) in [5.41, 5.74) is 0. The minimum Gasteiger partial charge on any atom is -0.481 e. The Kier molecular flexibility index (Phi) is 4.80. The van der Waals surface area contributed by atoms with Gasteiger partial charge in [0.2, 0.25) is 0 Å². The zero-order valence-electron chi connectivity index (χ0n) is 7.40. The summed E-state index contributed by atoms with van der Waals surface area (Å²) in [7, 11) is 0.820. The van der Waals surface area contributed by atoms with E-state index in [0.29, 0.717) is 11.7 Å². The molecule has 2 atom stereocenters. The van der Waals surface area contributed by atoms with Gasteiger partial charge >= 0.3 is 5.97 Å². The third kappa shape index (κ3) is 4.13. The standard InChI is InChI=1S/C8H14O3S2/c9-8(10)4-2-1-3-7-5-6-12-13(7)11/h7H,1-6H2,(H,9,10)/t7?,13-/m1/s1. The van der Waals surface area contributed by atoms with Crippen molar-refractivity contribution in [3.05, 3.63) is 0 Å². The Hall–Kier alpha value is -0.0300. The maximum Gasteiger partial charge on any atom is 0.303 e. The first-order valence-corrected chi connectivity index (χ1v) is 7.17. The molecule has 0 aliphatic carbocycles. The van der Waals surface area contributed by atoms with Gasteiger partial charge in [0.25, 0.3) is 0 Å². The molecule has 0 radical (unpaired) electrons. The van der Waals surface area contributed by atoms with Gasteiger partial charge in [0, 0.05) is 17.4 Å². The molecule has 1 N–H and O–H groups in total. The summed E-state index contributed by atoms with van der Waals surface area (Å²) in [6, 6.07) is 0. The molecule has 0 aromatic carbocycles. The Morgan fingerprint density at radius 3 is 2.85 bits per heavy atom. The Bertz CT molecular complexity index is 206. The molecule has 1 rings (SSSR count). The first-order valence-electron chi connectivity index (χ1n) is 4.46. The van der Waals surface area contributed by atoms with Gasteiger partial charge in [-0.05, 0) is 19.3 Å². The first-order chi connectivity index (χ1) is 6.20. The van der Waals surface area contributed by atoms with Crippen molar-refractivity contribution in [3.8, 4) is 0 Å². The molecular weight excluding hydrogens is 208 g/mol. The van der Waals surface area contributed by atoms with Gasteiger partial charge < -0.3 is 5.11 Å². The van der Waals surface area contributed by atoms with Crippen LogP contribution in [0, 0.1) is 0 Å². The molecule has 0 amide bonds. The summed E-state index contributed by atoms with van der Waals surface area (Å²) in [5.74, 6) is 0.262. The molecule has 0 bridgehead atoms. The van der Waals surface area contributed by atoms with Crippen LogP contribution < -0.4 is 0 Å². The van der Waals surface area contributed by atoms with E-state index in [-0.39, 0.29) is 6.42 Å². The first kappa shape index (κ1) is 11.0. The molecule has 13 heavy (non-hydrogen) atoms. The predicted molar refractivity (Wildman–Crippen MR) is 55.1 cm³/mol. The van der Waals surface area contributed by atoms with Crippen molar-refractivity contribution in [2.45, 2.75) is 37.4 Å². The number of carboxylic acid groups (broad SMARTS) is 1. The largest absolute Gasteiger partial charge is 0.481 e. The summed E-state index contributed by atoms with van der Waals surface area (Å²) in [6.07, 6.45) is 3.81. The number of aliphatic carboxylic acids is 1. The molecule has 1 saturated heterocycles. The van der Waals surface area contributed by atoms with Crippen LogP contribution in [-0.4, -0.2) is 26.3 Å². The molecule has 76 valence electrons. The molecule has 0 saturated carbocycles. The Labute approximate surface area is 84.1 Å². The zero-order chi connectivity index (χ0) is 9.68. The Morgan fingerprint density at radius 1 is 1.54 bits per heavy atom. The Balaban J connectivity index is 2.05. The maximum absolute atomic E-state index is 11.3. The van der Waals surface area contributed by atoms with Crippen LogP contribution in [0.2, 0.25) is 0 Å². The molecule has 3 nitrogen and oxygen atoms in total. The van der Waals surface area contributed by atoms with Gasteiger partial charge in [-0.3, -0.25) is 4.79 Å². The van der Waals surface area contributed by atoms with Crippen molar-refractivity contribution in [3.63, 3.8) is 0 Å². The van der Waals surface area contributed by atoms with Crippen LogP contribution in [-0.2, 0) is 14.6 Å². The minimum absolute atomic E-state index is 0.243. The van der Waals surface area contributed by atoms with Crippen molar-refractivity contribution < 1.29 is 14.1 Å². The van der Waals surface area contributed by atoms with E-state index < -0.39 is 15.8 Å². The van der Waals surface area contributed by atoms with Crippen LogP contribution in [0.25, 0.3) is 0 Å². The van der Waals surface area contributed by atoms with Gasteiger partial charge in [0.1, 0.15) is 0 Å². The van der Waals surface area contributed by atoms with Crippen LogP contribution in [0.4, 0.5) is 0 Å². The minimum atomic E-state index is -0.734. The molecule has 5 heteroatoms. The normalized spacial score (nSPS) is 27.7. The predicted octanol–water partition coefficient (Wildman–Crippen LogP) is 1.80. The fraction of sp³-hybridized carbons (Fsp3) is 0.875. The van der Waals surface area contributed by atoms with E-state index in [4.69, 9.17) is 5.11 Å². The van der Waals surface area contributed by atoms with Crippen LogP contribution >= 0.6 is 10.8 Å². The summed E-state index contributed by atoms with van der Waals surface area (Å²) in [6.45, 7) is 0. The van der Waals surface area contributed by atoms with Gasteiger partial charge in [-0.1, -0.05) is 17.2 Å². The molecule has 0 aromatic heterocycles. The summed E-state index contributed by atoms with van der Waals surface area (Å²) < 4.78 is 11.3. The molecule has 1 aliphatic heterocycles. The van der Waals surface area contributed by atoms with Crippen molar-refractivity contribution in [1.82, 2.24) is 0 Å². The maximum atomic E-state index is 11.3. The highest BCUT2D eigenvalue weighted by atomic mass is 33.1. The zero-order valence-corrected chi connectivity index (χ0v) is 9.03. The number of rotatable bonds is 5. The van der Waals surface area contributed by atoms with Gasteiger partial charge in [-0.2, -0.15) is 0 Å². The molecule has 1 fully saturated rings. The number of carboxylic acids is 1. The summed E-state index contributed by atoms with van der Waals surface area (Å²) in [5, 5.41) is 8.71. The van der Waals surface area contributed by atoms with Crippen LogP contribution in [0.1, 0.15) is 32.1 Å². The van der Waals surface area contributed by atoms with Crippen molar-refractivity contribution in [2.75, 3.05) is 5.75 Å². The fourth-order valence-corrected chi connectivity index (χ4v) is 4.84. The quantitative estimate of drug-likeness (QED) is 0.569. The number of carbonyl (C=O) groups is 1. The van der Waals surface area contributed by atoms with E-state index in [2.05, 4.69) is 0 Å². The summed E-state index contributed by atoms with van der Waals surface area (Å²) >= 11 is 0. The highest BCUT2D eigenvalue weighted by Gasteiger charge is 2.23. The van der Waals surface area contributed by atoms with E-state index in [1.807, 2.05) is 0 Å². The molecular formula is C8H14O3S2. The van der Waals surface area contributed by atoms with Crippen LogP contribution in [0.3, 0.4) is 0 Å². The van der Waals surface area contributed by atoms with Crippen LogP contribution in [0.15, 0.2) is 0 Å². The third-order valence-corrected chi connectivity index (χ3v) is 5.74. The van der Waals surface area contributed by atoms with E-state index in [0.717, 1.165) is 25.0 Å². The van der Waals surface area contributed by atoms with Crippen LogP contribution in [0.5, 0.6) is 0 Å². The number of hydrogen-bond acceptors (Lipinski definition) is 3. The van der Waals surface area contributed by atoms with E-state index in [1.165, 1.54) is 10.8 Å². The molecule has 0 spiro atoms. The fourth-order valence-electron chi connectivity index (χ4n) is 1.34. The lowest BCUT2D eigenvalue weighted by atomic mass is 10.1.